The van der Waals surface area contributed by atoms with Crippen LogP contribution in [0.25, 0.3) is 0 Å². The van der Waals surface area contributed by atoms with Crippen molar-refractivity contribution < 1.29 is 4.39 Å². The number of rotatable bonds is 3. The summed E-state index contributed by atoms with van der Waals surface area (Å²) in [5, 5.41) is 4.03. The quantitative estimate of drug-likeness (QED) is 0.945. The molecule has 0 aliphatic rings. The molecule has 0 saturated heterocycles. The number of hydrogen-bond acceptors (Lipinski definition) is 2. The lowest BCUT2D eigenvalue weighted by Crippen LogP contribution is -2.34. The molecular formula is C12H13BrFN3. The fraction of sp³-hybridized carbons (Fsp3) is 0.250. The smallest absolute Gasteiger partial charge is 0.190 e. The monoisotopic (exact) mass is 297 g/mol. The minimum absolute atomic E-state index is 0.130. The Morgan fingerprint density at radius 2 is 2.06 bits per heavy atom. The second-order valence-corrected chi connectivity index (χ2v) is 4.69. The topological polar surface area (TPSA) is 43.8 Å². The second kappa shape index (κ2) is 4.58. The number of alkyl halides is 1. The first-order valence-electron chi connectivity index (χ1n) is 5.22. The van der Waals surface area contributed by atoms with E-state index < -0.39 is 5.67 Å². The molecule has 2 N–H and O–H groups in total. The van der Waals surface area contributed by atoms with Gasteiger partial charge in [0.15, 0.2) is 5.67 Å². The number of aromatic nitrogens is 2. The lowest BCUT2D eigenvalue weighted by atomic mass is 9.92. The molecule has 1 atom stereocenters. The molecule has 90 valence electrons. The third kappa shape index (κ3) is 2.00. The normalized spacial score (nSPS) is 14.6. The molecule has 0 fully saturated rings. The van der Waals surface area contributed by atoms with Crippen molar-refractivity contribution >= 4 is 15.9 Å². The van der Waals surface area contributed by atoms with Crippen LogP contribution in [-0.2, 0) is 12.7 Å². The Bertz CT molecular complexity index is 492. The maximum Gasteiger partial charge on any atom is 0.190 e. The molecule has 0 amide bonds. The van der Waals surface area contributed by atoms with Gasteiger partial charge in [-0.05, 0) is 21.5 Å². The summed E-state index contributed by atoms with van der Waals surface area (Å²) in [5.41, 5.74) is 4.87. The molecule has 17 heavy (non-hydrogen) atoms. The highest BCUT2D eigenvalue weighted by Crippen LogP contribution is 2.36. The summed E-state index contributed by atoms with van der Waals surface area (Å²) in [6, 6.07) is 8.89. The highest BCUT2D eigenvalue weighted by Gasteiger charge is 2.37. The first kappa shape index (κ1) is 12.3. The lowest BCUT2D eigenvalue weighted by Gasteiger charge is -2.25. The Balaban J connectivity index is 2.60. The Morgan fingerprint density at radius 3 is 2.53 bits per heavy atom. The minimum Gasteiger partial charge on any atom is -0.327 e. The number of aryl methyl sites for hydroxylation is 1. The van der Waals surface area contributed by atoms with Gasteiger partial charge in [0.1, 0.15) is 0 Å². The van der Waals surface area contributed by atoms with Crippen molar-refractivity contribution in [1.82, 2.24) is 9.78 Å². The van der Waals surface area contributed by atoms with Crippen molar-refractivity contribution in [2.24, 2.45) is 12.8 Å². The molecule has 0 spiro atoms. The van der Waals surface area contributed by atoms with E-state index in [1.54, 1.807) is 37.5 Å². The van der Waals surface area contributed by atoms with Gasteiger partial charge < -0.3 is 5.73 Å². The Hall–Kier alpha value is -1.20. The highest BCUT2D eigenvalue weighted by molar-refractivity contribution is 9.10. The van der Waals surface area contributed by atoms with E-state index in [2.05, 4.69) is 21.0 Å². The average molecular weight is 298 g/mol. The molecule has 3 nitrogen and oxygen atoms in total. The maximum atomic E-state index is 15.1. The molecule has 1 unspecified atom stereocenters. The van der Waals surface area contributed by atoms with Gasteiger partial charge in [0.05, 0.1) is 16.4 Å². The van der Waals surface area contributed by atoms with Gasteiger partial charge in [-0.1, -0.05) is 30.3 Å². The third-order valence-electron chi connectivity index (χ3n) is 2.78. The van der Waals surface area contributed by atoms with Crippen LogP contribution < -0.4 is 5.73 Å². The van der Waals surface area contributed by atoms with E-state index in [9.17, 15) is 0 Å². The van der Waals surface area contributed by atoms with Crippen molar-refractivity contribution in [3.05, 3.63) is 52.3 Å². The van der Waals surface area contributed by atoms with Crippen LogP contribution in [0.1, 0.15) is 11.3 Å². The first-order valence-corrected chi connectivity index (χ1v) is 6.01. The fourth-order valence-electron chi connectivity index (χ4n) is 1.91. The van der Waals surface area contributed by atoms with Crippen LogP contribution in [0.5, 0.6) is 0 Å². The van der Waals surface area contributed by atoms with Gasteiger partial charge in [-0.3, -0.25) is 4.68 Å². The highest BCUT2D eigenvalue weighted by atomic mass is 79.9. The summed E-state index contributed by atoms with van der Waals surface area (Å²) in [4.78, 5) is 0. The summed E-state index contributed by atoms with van der Waals surface area (Å²) in [5.74, 6) is 0. The Labute approximate surface area is 108 Å². The van der Waals surface area contributed by atoms with Gasteiger partial charge in [-0.25, -0.2) is 4.39 Å². The van der Waals surface area contributed by atoms with E-state index in [4.69, 9.17) is 5.73 Å². The van der Waals surface area contributed by atoms with Crippen LogP contribution in [0.15, 0.2) is 41.0 Å². The van der Waals surface area contributed by atoms with Crippen molar-refractivity contribution in [2.75, 3.05) is 6.54 Å². The molecule has 1 aromatic heterocycles. The summed E-state index contributed by atoms with van der Waals surface area (Å²) in [6.45, 7) is -0.130. The number of nitrogens with two attached hydrogens (primary N) is 1. The SMILES string of the molecule is Cn1ncc(Br)c1C(F)(CN)c1ccccc1. The van der Waals surface area contributed by atoms with Crippen molar-refractivity contribution in [1.29, 1.82) is 0 Å². The molecule has 5 heteroatoms. The molecule has 2 aromatic rings. The molecule has 0 aliphatic carbocycles. The van der Waals surface area contributed by atoms with Crippen LogP contribution in [0.4, 0.5) is 4.39 Å². The van der Waals surface area contributed by atoms with E-state index in [-0.39, 0.29) is 6.54 Å². The van der Waals surface area contributed by atoms with Gasteiger partial charge >= 0.3 is 0 Å². The van der Waals surface area contributed by atoms with Crippen LogP contribution in [-0.4, -0.2) is 16.3 Å². The molecule has 0 bridgehead atoms. The van der Waals surface area contributed by atoms with E-state index >= 15 is 4.39 Å². The zero-order valence-corrected chi connectivity index (χ0v) is 11.0. The average Bonchev–Trinajstić information content (AvgIpc) is 2.70. The molecular weight excluding hydrogens is 285 g/mol. The van der Waals surface area contributed by atoms with Gasteiger partial charge in [-0.15, -0.1) is 0 Å². The van der Waals surface area contributed by atoms with Crippen molar-refractivity contribution in [3.8, 4) is 0 Å². The molecule has 1 heterocycles. The second-order valence-electron chi connectivity index (χ2n) is 3.84. The lowest BCUT2D eigenvalue weighted by molar-refractivity contribution is 0.216. The predicted octanol–water partition coefficient (Wildman–Crippen LogP) is 2.35. The van der Waals surface area contributed by atoms with E-state index in [0.717, 1.165) is 0 Å². The molecule has 2 rings (SSSR count). The zero-order chi connectivity index (χ0) is 12.5. The van der Waals surface area contributed by atoms with Gasteiger partial charge in [0, 0.05) is 13.6 Å². The van der Waals surface area contributed by atoms with Crippen LogP contribution in [0, 0.1) is 0 Å². The Morgan fingerprint density at radius 1 is 1.41 bits per heavy atom. The third-order valence-corrected chi connectivity index (χ3v) is 3.36. The first-order chi connectivity index (χ1) is 8.09. The number of benzene rings is 1. The van der Waals surface area contributed by atoms with E-state index in [1.165, 1.54) is 4.68 Å². The summed E-state index contributed by atoms with van der Waals surface area (Å²) in [7, 11) is 1.70. The Kier molecular flexibility index (Phi) is 3.31. The zero-order valence-electron chi connectivity index (χ0n) is 9.40. The molecule has 0 radical (unpaired) electrons. The summed E-state index contributed by atoms with van der Waals surface area (Å²) >= 11 is 3.31. The van der Waals surface area contributed by atoms with E-state index in [1.807, 2.05) is 6.07 Å². The van der Waals surface area contributed by atoms with Crippen LogP contribution in [0.2, 0.25) is 0 Å². The standard InChI is InChI=1S/C12H13BrFN3/c1-17-11(10(13)7-16-17)12(14,8-15)9-5-3-2-4-6-9/h2-7H,8,15H2,1H3. The van der Waals surface area contributed by atoms with Gasteiger partial charge in [-0.2, -0.15) is 5.10 Å². The predicted molar refractivity (Wildman–Crippen MR) is 68.3 cm³/mol. The number of hydrogen-bond donors (Lipinski definition) is 1. The number of halogens is 2. The molecule has 1 aromatic carbocycles. The molecule has 0 aliphatic heterocycles. The van der Waals surface area contributed by atoms with E-state index in [0.29, 0.717) is 15.7 Å². The maximum absolute atomic E-state index is 15.1. The fourth-order valence-corrected chi connectivity index (χ4v) is 2.57. The molecule has 0 saturated carbocycles. The minimum atomic E-state index is -1.73. The summed E-state index contributed by atoms with van der Waals surface area (Å²) < 4.78 is 17.3. The van der Waals surface area contributed by atoms with Gasteiger partial charge in [0.25, 0.3) is 0 Å². The summed E-state index contributed by atoms with van der Waals surface area (Å²) in [6.07, 6.45) is 1.57. The van der Waals surface area contributed by atoms with Crippen molar-refractivity contribution in [3.63, 3.8) is 0 Å². The van der Waals surface area contributed by atoms with Crippen LogP contribution in [0.3, 0.4) is 0 Å². The largest absolute Gasteiger partial charge is 0.327 e. The van der Waals surface area contributed by atoms with Crippen molar-refractivity contribution in [2.45, 2.75) is 5.67 Å². The van der Waals surface area contributed by atoms with Crippen LogP contribution >= 0.6 is 15.9 Å². The van der Waals surface area contributed by atoms with Gasteiger partial charge in [0.2, 0.25) is 0 Å². The number of nitrogens with zero attached hydrogens (tertiary/aromatic N) is 2.